The number of rotatable bonds is 4. The van der Waals surface area contributed by atoms with Crippen molar-refractivity contribution in [2.75, 3.05) is 0 Å². The molecule has 1 aromatic rings. The molecule has 0 saturated carbocycles. The maximum Gasteiger partial charge on any atom is 0.255 e. The van der Waals surface area contributed by atoms with Gasteiger partial charge in [0, 0.05) is 6.04 Å². The van der Waals surface area contributed by atoms with Crippen LogP contribution in [-0.2, 0) is 0 Å². The summed E-state index contributed by atoms with van der Waals surface area (Å²) in [4.78, 5) is 11.8. The summed E-state index contributed by atoms with van der Waals surface area (Å²) >= 11 is 0. The van der Waals surface area contributed by atoms with Gasteiger partial charge in [-0.2, -0.15) is 0 Å². The number of carbonyl (C=O) groups is 1. The van der Waals surface area contributed by atoms with Gasteiger partial charge in [-0.1, -0.05) is 19.9 Å². The predicted octanol–water partition coefficient (Wildman–Crippen LogP) is 2.62. The average Bonchev–Trinajstić information content (AvgIpc) is 2.25. The summed E-state index contributed by atoms with van der Waals surface area (Å²) in [6, 6.07) is 5.25. The summed E-state index contributed by atoms with van der Waals surface area (Å²) in [5, 5.41) is 12.6. The molecule has 0 aromatic heterocycles. The molecule has 0 heterocycles. The minimum absolute atomic E-state index is 0.0449. The molecule has 0 bridgehead atoms. The Labute approximate surface area is 96.5 Å². The van der Waals surface area contributed by atoms with E-state index < -0.39 is 0 Å². The lowest BCUT2D eigenvalue weighted by Crippen LogP contribution is -2.33. The van der Waals surface area contributed by atoms with E-state index in [2.05, 4.69) is 5.32 Å². The summed E-state index contributed by atoms with van der Waals surface area (Å²) in [5.74, 6) is -0.158. The van der Waals surface area contributed by atoms with Crippen LogP contribution >= 0.6 is 0 Å². The number of amides is 1. The molecule has 16 heavy (non-hydrogen) atoms. The predicted molar refractivity (Wildman–Crippen MR) is 64.7 cm³/mol. The van der Waals surface area contributed by atoms with Gasteiger partial charge < -0.3 is 10.4 Å². The molecule has 0 saturated heterocycles. The lowest BCUT2D eigenvalue weighted by Gasteiger charge is -2.15. The first kappa shape index (κ1) is 12.6. The van der Waals surface area contributed by atoms with E-state index >= 15 is 0 Å². The van der Waals surface area contributed by atoms with Crippen LogP contribution in [0.15, 0.2) is 18.2 Å². The molecule has 0 aliphatic rings. The number of carbonyl (C=O) groups excluding carboxylic acids is 1. The largest absolute Gasteiger partial charge is 0.507 e. The van der Waals surface area contributed by atoms with Crippen molar-refractivity contribution in [2.24, 2.45) is 0 Å². The molecule has 0 spiro atoms. The molecule has 2 N–H and O–H groups in total. The van der Waals surface area contributed by atoms with Gasteiger partial charge >= 0.3 is 0 Å². The van der Waals surface area contributed by atoms with Crippen LogP contribution in [0.25, 0.3) is 0 Å². The topological polar surface area (TPSA) is 49.3 Å². The number of phenols is 1. The zero-order valence-electron chi connectivity index (χ0n) is 10.1. The van der Waals surface area contributed by atoms with Gasteiger partial charge in [0.25, 0.3) is 5.91 Å². The molecule has 0 fully saturated rings. The smallest absolute Gasteiger partial charge is 0.255 e. The van der Waals surface area contributed by atoms with Crippen LogP contribution in [0, 0.1) is 6.92 Å². The highest BCUT2D eigenvalue weighted by Gasteiger charge is 2.13. The zero-order chi connectivity index (χ0) is 12.1. The van der Waals surface area contributed by atoms with Crippen LogP contribution < -0.4 is 5.32 Å². The maximum absolute atomic E-state index is 11.8. The van der Waals surface area contributed by atoms with Crippen molar-refractivity contribution < 1.29 is 9.90 Å². The van der Waals surface area contributed by atoms with Crippen LogP contribution in [0.1, 0.15) is 42.6 Å². The minimum Gasteiger partial charge on any atom is -0.507 e. The van der Waals surface area contributed by atoms with Crippen LogP contribution in [0.3, 0.4) is 0 Å². The average molecular weight is 221 g/mol. The van der Waals surface area contributed by atoms with Gasteiger partial charge in [-0.15, -0.1) is 0 Å². The standard InChI is InChI=1S/C13H19NO2/c1-4-10(5-2)14-13(16)11-7-6-9(3)8-12(11)15/h6-8,10,15H,4-5H2,1-3H3,(H,14,16). The highest BCUT2D eigenvalue weighted by atomic mass is 16.3. The fourth-order valence-corrected chi connectivity index (χ4v) is 1.59. The van der Waals surface area contributed by atoms with Crippen LogP contribution in [-0.4, -0.2) is 17.1 Å². The second-order valence-corrected chi connectivity index (χ2v) is 4.01. The van der Waals surface area contributed by atoms with Crippen molar-refractivity contribution >= 4 is 5.91 Å². The number of hydrogen-bond acceptors (Lipinski definition) is 2. The third-order valence-electron chi connectivity index (χ3n) is 2.72. The minimum atomic E-state index is -0.203. The molecule has 0 radical (unpaired) electrons. The van der Waals surface area contributed by atoms with E-state index in [1.54, 1.807) is 12.1 Å². The number of phenolic OH excluding ortho intramolecular Hbond substituents is 1. The third-order valence-corrected chi connectivity index (χ3v) is 2.72. The molecule has 0 aliphatic heterocycles. The first-order valence-corrected chi connectivity index (χ1v) is 5.69. The van der Waals surface area contributed by atoms with E-state index in [0.717, 1.165) is 18.4 Å². The quantitative estimate of drug-likeness (QED) is 0.821. The summed E-state index contributed by atoms with van der Waals surface area (Å²) in [6.07, 6.45) is 1.80. The van der Waals surface area contributed by atoms with Crippen molar-refractivity contribution in [1.29, 1.82) is 0 Å². The molecule has 0 aliphatic carbocycles. The Morgan fingerprint density at radius 3 is 2.50 bits per heavy atom. The molecule has 1 rings (SSSR count). The SMILES string of the molecule is CCC(CC)NC(=O)c1ccc(C)cc1O. The Balaban J connectivity index is 2.80. The maximum atomic E-state index is 11.8. The molecule has 1 amide bonds. The van der Waals surface area contributed by atoms with Crippen molar-refractivity contribution in [2.45, 2.75) is 39.7 Å². The number of aromatic hydroxyl groups is 1. The van der Waals surface area contributed by atoms with Gasteiger partial charge in [0.2, 0.25) is 0 Å². The molecule has 0 unspecified atom stereocenters. The van der Waals surface area contributed by atoms with Gasteiger partial charge in [0.1, 0.15) is 5.75 Å². The summed E-state index contributed by atoms with van der Waals surface area (Å²) in [7, 11) is 0. The van der Waals surface area contributed by atoms with Crippen LogP contribution in [0.4, 0.5) is 0 Å². The second-order valence-electron chi connectivity index (χ2n) is 4.01. The Hall–Kier alpha value is -1.51. The fraction of sp³-hybridized carbons (Fsp3) is 0.462. The number of nitrogens with one attached hydrogen (secondary N) is 1. The molecule has 1 aromatic carbocycles. The number of hydrogen-bond donors (Lipinski definition) is 2. The Morgan fingerprint density at radius 1 is 1.38 bits per heavy atom. The first-order valence-electron chi connectivity index (χ1n) is 5.69. The summed E-state index contributed by atoms with van der Waals surface area (Å²) in [6.45, 7) is 5.94. The Bertz CT molecular complexity index is 370. The van der Waals surface area contributed by atoms with E-state index in [0.29, 0.717) is 5.56 Å². The van der Waals surface area contributed by atoms with Crippen LogP contribution in [0.2, 0.25) is 0 Å². The highest BCUT2D eigenvalue weighted by molar-refractivity contribution is 5.97. The molecule has 0 atom stereocenters. The Kier molecular flexibility index (Phi) is 4.35. The third kappa shape index (κ3) is 2.99. The van der Waals surface area contributed by atoms with Gasteiger partial charge in [-0.25, -0.2) is 0 Å². The van der Waals surface area contributed by atoms with E-state index in [9.17, 15) is 9.90 Å². The monoisotopic (exact) mass is 221 g/mol. The molecular formula is C13H19NO2. The van der Waals surface area contributed by atoms with Gasteiger partial charge in [0.05, 0.1) is 5.56 Å². The van der Waals surface area contributed by atoms with Gasteiger partial charge in [-0.05, 0) is 37.5 Å². The molecule has 88 valence electrons. The number of benzene rings is 1. The van der Waals surface area contributed by atoms with Crippen molar-refractivity contribution in [1.82, 2.24) is 5.32 Å². The van der Waals surface area contributed by atoms with Crippen LogP contribution in [0.5, 0.6) is 5.75 Å². The van der Waals surface area contributed by atoms with Crippen molar-refractivity contribution in [3.05, 3.63) is 29.3 Å². The summed E-state index contributed by atoms with van der Waals surface area (Å²) < 4.78 is 0. The van der Waals surface area contributed by atoms with E-state index in [4.69, 9.17) is 0 Å². The summed E-state index contributed by atoms with van der Waals surface area (Å²) in [5.41, 5.74) is 1.29. The van der Waals surface area contributed by atoms with E-state index in [-0.39, 0.29) is 17.7 Å². The van der Waals surface area contributed by atoms with Gasteiger partial charge in [0.15, 0.2) is 0 Å². The fourth-order valence-electron chi connectivity index (χ4n) is 1.59. The van der Waals surface area contributed by atoms with Crippen molar-refractivity contribution in [3.63, 3.8) is 0 Å². The molecular weight excluding hydrogens is 202 g/mol. The molecule has 3 heteroatoms. The van der Waals surface area contributed by atoms with Crippen molar-refractivity contribution in [3.8, 4) is 5.75 Å². The second kappa shape index (κ2) is 5.54. The Morgan fingerprint density at radius 2 is 2.00 bits per heavy atom. The van der Waals surface area contributed by atoms with E-state index in [1.807, 2.05) is 26.8 Å². The normalized spacial score (nSPS) is 10.5. The van der Waals surface area contributed by atoms with E-state index in [1.165, 1.54) is 0 Å². The zero-order valence-corrected chi connectivity index (χ0v) is 10.1. The highest BCUT2D eigenvalue weighted by Crippen LogP contribution is 2.18. The molecule has 3 nitrogen and oxygen atoms in total. The first-order chi connectivity index (χ1) is 7.58. The lowest BCUT2D eigenvalue weighted by atomic mass is 10.1. The number of aryl methyl sites for hydroxylation is 1. The van der Waals surface area contributed by atoms with Gasteiger partial charge in [-0.3, -0.25) is 4.79 Å². The lowest BCUT2D eigenvalue weighted by molar-refractivity contribution is 0.0932.